The minimum absolute atomic E-state index is 0.0141. The summed E-state index contributed by atoms with van der Waals surface area (Å²) in [5.41, 5.74) is -1.64. The summed E-state index contributed by atoms with van der Waals surface area (Å²) >= 11 is 0. The Morgan fingerprint density at radius 1 is 1.05 bits per heavy atom. The number of nitrogens with one attached hydrogen (secondary N) is 1. The van der Waals surface area contributed by atoms with Crippen LogP contribution in [0.1, 0.15) is 67.0 Å². The number of hydrogen-bond donors (Lipinski definition) is 1. The molecule has 1 unspecified atom stereocenters. The van der Waals surface area contributed by atoms with Gasteiger partial charge in [0.1, 0.15) is 23.9 Å². The normalized spacial score (nSPS) is 20.6. The number of amides is 1. The van der Waals surface area contributed by atoms with Crippen molar-refractivity contribution in [3.8, 4) is 0 Å². The lowest BCUT2D eigenvalue weighted by Gasteiger charge is -2.37. The van der Waals surface area contributed by atoms with Crippen LogP contribution in [0.2, 0.25) is 0 Å². The molecule has 9 nitrogen and oxygen atoms in total. The molecule has 12 heteroatoms. The Bertz CT molecular complexity index is 1210. The Morgan fingerprint density at radius 2 is 1.71 bits per heavy atom. The molecule has 4 heterocycles. The molecule has 0 spiro atoms. The highest BCUT2D eigenvalue weighted by molar-refractivity contribution is 5.89. The van der Waals surface area contributed by atoms with Crippen LogP contribution in [-0.4, -0.2) is 70.7 Å². The van der Waals surface area contributed by atoms with Gasteiger partial charge in [0.15, 0.2) is 0 Å². The maximum absolute atomic E-state index is 13.6. The van der Waals surface area contributed by atoms with Crippen LogP contribution in [0.15, 0.2) is 30.6 Å². The monoisotopic (exact) mass is 578 g/mol. The third-order valence-corrected chi connectivity index (χ3v) is 7.94. The Hall–Kier alpha value is -3.15. The quantitative estimate of drug-likeness (QED) is 0.411. The maximum Gasteiger partial charge on any atom is 0.416 e. The van der Waals surface area contributed by atoms with Gasteiger partial charge in [-0.15, -0.1) is 0 Å². The average molecular weight is 579 g/mol. The van der Waals surface area contributed by atoms with Crippen LogP contribution >= 0.6 is 0 Å². The topological polar surface area (TPSA) is 92.7 Å². The number of hydrogen-bond acceptors (Lipinski definition) is 8. The van der Waals surface area contributed by atoms with Gasteiger partial charge in [-0.3, -0.25) is 9.88 Å². The first-order valence-corrected chi connectivity index (χ1v) is 14.1. The van der Waals surface area contributed by atoms with Crippen LogP contribution in [0.25, 0.3) is 0 Å². The molecule has 1 N–H and O–H groups in total. The summed E-state index contributed by atoms with van der Waals surface area (Å²) in [4.78, 5) is 29.3. The molecule has 0 aliphatic carbocycles. The molecule has 4 rings (SSSR count). The summed E-state index contributed by atoms with van der Waals surface area (Å²) in [6, 6.07) is 4.72. The van der Waals surface area contributed by atoms with E-state index in [9.17, 15) is 18.0 Å². The molecule has 41 heavy (non-hydrogen) atoms. The molecule has 2 fully saturated rings. The molecule has 0 aromatic carbocycles. The highest BCUT2D eigenvalue weighted by Gasteiger charge is 2.49. The first-order chi connectivity index (χ1) is 19.1. The molecule has 1 amide bonds. The molecular weight excluding hydrogens is 537 g/mol. The van der Waals surface area contributed by atoms with Crippen molar-refractivity contribution in [1.29, 1.82) is 0 Å². The lowest BCUT2D eigenvalue weighted by molar-refractivity contribution is -0.181. The van der Waals surface area contributed by atoms with Crippen molar-refractivity contribution in [3.63, 3.8) is 0 Å². The van der Waals surface area contributed by atoms with Gasteiger partial charge in [-0.2, -0.15) is 18.2 Å². The van der Waals surface area contributed by atoms with Gasteiger partial charge in [-0.1, -0.05) is 0 Å². The largest absolute Gasteiger partial charge is 0.447 e. The molecule has 2 aromatic rings. The minimum atomic E-state index is -4.39. The van der Waals surface area contributed by atoms with Crippen molar-refractivity contribution in [1.82, 2.24) is 15.0 Å². The Kier molecular flexibility index (Phi) is 8.73. The molecule has 0 radical (unpaired) electrons. The number of rotatable bonds is 8. The fraction of sp³-hybridized carbons (Fsp3) is 0.655. The van der Waals surface area contributed by atoms with E-state index in [-0.39, 0.29) is 36.1 Å². The number of anilines is 3. The summed E-state index contributed by atoms with van der Waals surface area (Å²) in [6.45, 7) is 13.8. The number of carbonyl (C=O) groups excluding carboxylic acids is 1. The minimum Gasteiger partial charge on any atom is -0.447 e. The van der Waals surface area contributed by atoms with Crippen LogP contribution in [-0.2, 0) is 14.9 Å². The zero-order chi connectivity index (χ0) is 30.2. The van der Waals surface area contributed by atoms with Gasteiger partial charge in [0.2, 0.25) is 5.95 Å². The number of ether oxygens (including phenoxy) is 2. The van der Waals surface area contributed by atoms with Crippen molar-refractivity contribution >= 4 is 23.5 Å². The molecule has 2 aliphatic rings. The van der Waals surface area contributed by atoms with Gasteiger partial charge >= 0.3 is 12.3 Å². The number of piperidine rings is 1. The van der Waals surface area contributed by atoms with E-state index in [1.807, 2.05) is 27.7 Å². The zero-order valence-corrected chi connectivity index (χ0v) is 24.8. The van der Waals surface area contributed by atoms with E-state index >= 15 is 0 Å². The number of carbonyl (C=O) groups is 1. The molecule has 3 atom stereocenters. The van der Waals surface area contributed by atoms with E-state index in [1.165, 1.54) is 11.1 Å². The predicted octanol–water partition coefficient (Wildman–Crippen LogP) is 5.96. The fourth-order valence-electron chi connectivity index (χ4n) is 5.32. The van der Waals surface area contributed by atoms with Gasteiger partial charge < -0.3 is 19.7 Å². The van der Waals surface area contributed by atoms with E-state index in [0.717, 1.165) is 32.4 Å². The number of halogens is 3. The molecule has 0 saturated carbocycles. The van der Waals surface area contributed by atoms with Crippen molar-refractivity contribution in [2.75, 3.05) is 34.8 Å². The van der Waals surface area contributed by atoms with Crippen LogP contribution in [0, 0.1) is 5.92 Å². The number of cyclic esters (lactones) is 1. The molecule has 2 aliphatic heterocycles. The van der Waals surface area contributed by atoms with Crippen molar-refractivity contribution < 1.29 is 27.4 Å². The number of alkyl halides is 3. The Morgan fingerprint density at radius 3 is 2.34 bits per heavy atom. The molecule has 2 aromatic heterocycles. The lowest BCUT2D eigenvalue weighted by atomic mass is 9.87. The highest BCUT2D eigenvalue weighted by atomic mass is 19.4. The van der Waals surface area contributed by atoms with E-state index in [4.69, 9.17) is 9.47 Å². The number of nitrogens with zero attached hydrogens (tertiary/aromatic N) is 5. The van der Waals surface area contributed by atoms with E-state index in [0.29, 0.717) is 30.8 Å². The standard InChI is InChI=1S/C29H41F3N6O3/c1-18(20-10-14-37(15-11-20)21-8-12-33-23(16-21)28(6,7)29(30,31)32)35-25-34-13-9-24(36-25)38-22(17-40-26(38)39)19(2)41-27(3,4)5/h8-9,12-13,16,18-20,22H,10-11,14-15,17H2,1-7H3,(H,34,35,36)/t18-,19-,22?/m0/s1. The highest BCUT2D eigenvalue weighted by Crippen LogP contribution is 2.40. The first kappa shape index (κ1) is 30.8. The first-order valence-electron chi connectivity index (χ1n) is 14.1. The van der Waals surface area contributed by atoms with Crippen LogP contribution in [0.5, 0.6) is 0 Å². The number of pyridine rings is 1. The SMILES string of the molecule is C[C@H](Nc1nccc(N2C(=O)OCC2[C@H](C)OC(C)(C)C)n1)C1CCN(c2ccnc(C(C)(C)C(F)(F)F)c2)CC1. The number of aromatic nitrogens is 3. The van der Waals surface area contributed by atoms with Crippen LogP contribution < -0.4 is 15.1 Å². The van der Waals surface area contributed by atoms with Crippen molar-refractivity contribution in [2.24, 2.45) is 5.92 Å². The van der Waals surface area contributed by atoms with Crippen molar-refractivity contribution in [3.05, 3.63) is 36.3 Å². The second-order valence-electron chi connectivity index (χ2n) is 12.5. The summed E-state index contributed by atoms with van der Waals surface area (Å²) in [6.07, 6.45) is -0.375. The predicted molar refractivity (Wildman–Crippen MR) is 151 cm³/mol. The van der Waals surface area contributed by atoms with E-state index in [1.54, 1.807) is 24.4 Å². The smallest absolute Gasteiger partial charge is 0.416 e. The van der Waals surface area contributed by atoms with Gasteiger partial charge in [0.25, 0.3) is 0 Å². The molecule has 226 valence electrons. The van der Waals surface area contributed by atoms with Gasteiger partial charge in [-0.25, -0.2) is 9.78 Å². The van der Waals surface area contributed by atoms with Crippen molar-refractivity contribution in [2.45, 2.75) is 96.7 Å². The lowest BCUT2D eigenvalue weighted by Crippen LogP contribution is -2.45. The van der Waals surface area contributed by atoms with Crippen LogP contribution in [0.3, 0.4) is 0 Å². The average Bonchev–Trinajstić information content (AvgIpc) is 3.29. The second kappa shape index (κ2) is 11.6. The van der Waals surface area contributed by atoms with E-state index in [2.05, 4.69) is 32.1 Å². The Balaban J connectivity index is 1.38. The molecule has 0 bridgehead atoms. The van der Waals surface area contributed by atoms with Gasteiger partial charge in [0.05, 0.1) is 17.4 Å². The fourth-order valence-corrected chi connectivity index (χ4v) is 5.32. The third-order valence-electron chi connectivity index (χ3n) is 7.94. The zero-order valence-electron chi connectivity index (χ0n) is 24.8. The summed E-state index contributed by atoms with van der Waals surface area (Å²) < 4.78 is 52.1. The molecular formula is C29H41F3N6O3. The third kappa shape index (κ3) is 7.02. The van der Waals surface area contributed by atoms with Crippen LogP contribution in [0.4, 0.5) is 35.4 Å². The molecule has 2 saturated heterocycles. The van der Waals surface area contributed by atoms with Gasteiger partial charge in [-0.05, 0) is 85.4 Å². The summed E-state index contributed by atoms with van der Waals surface area (Å²) in [5, 5.41) is 3.39. The Labute approximate surface area is 239 Å². The maximum atomic E-state index is 13.6. The summed E-state index contributed by atoms with van der Waals surface area (Å²) in [7, 11) is 0. The second-order valence-corrected chi connectivity index (χ2v) is 12.5. The van der Waals surface area contributed by atoms with E-state index < -0.39 is 17.7 Å². The van der Waals surface area contributed by atoms with Gasteiger partial charge in [0, 0.05) is 37.2 Å². The summed E-state index contributed by atoms with van der Waals surface area (Å²) in [5.74, 6) is 1.15.